The smallest absolute Gasteiger partial charge is 0.336 e. The highest BCUT2D eigenvalue weighted by molar-refractivity contribution is 5.93. The second-order valence-electron chi connectivity index (χ2n) is 3.37. The largest absolute Gasteiger partial charge is 0.497 e. The fourth-order valence-electron chi connectivity index (χ4n) is 1.35. The number of hydrogen-bond donors (Lipinski definition) is 0. The number of esters is 1. The maximum atomic E-state index is 11.4. The van der Waals surface area contributed by atoms with Gasteiger partial charge in [-0.2, -0.15) is 0 Å². The molecule has 0 radical (unpaired) electrons. The summed E-state index contributed by atoms with van der Waals surface area (Å²) in [5.41, 5.74) is 1.36. The van der Waals surface area contributed by atoms with Gasteiger partial charge in [0.2, 0.25) is 0 Å². The van der Waals surface area contributed by atoms with Gasteiger partial charge >= 0.3 is 5.97 Å². The lowest BCUT2D eigenvalue weighted by molar-refractivity contribution is -0.136. The Morgan fingerprint density at radius 1 is 1.18 bits per heavy atom. The van der Waals surface area contributed by atoms with E-state index in [1.165, 1.54) is 14.2 Å². The summed E-state index contributed by atoms with van der Waals surface area (Å²) in [6.45, 7) is 0.221. The number of benzene rings is 1. The molecule has 0 fully saturated rings. The first-order valence-electron chi connectivity index (χ1n) is 5.13. The highest BCUT2D eigenvalue weighted by atomic mass is 16.5. The minimum atomic E-state index is -0.386. The maximum Gasteiger partial charge on any atom is 0.336 e. The van der Waals surface area contributed by atoms with Crippen molar-refractivity contribution in [2.45, 2.75) is 0 Å². The van der Waals surface area contributed by atoms with Crippen LogP contribution in [0, 0.1) is 0 Å². The van der Waals surface area contributed by atoms with Gasteiger partial charge in [0, 0.05) is 7.11 Å². The molecular weight excluding hydrogens is 220 g/mol. The summed E-state index contributed by atoms with van der Waals surface area (Å²) in [6, 6.07) is 7.37. The van der Waals surface area contributed by atoms with Crippen LogP contribution in [0.5, 0.6) is 5.75 Å². The van der Waals surface area contributed by atoms with Crippen molar-refractivity contribution in [3.05, 3.63) is 35.4 Å². The third-order valence-electron chi connectivity index (χ3n) is 2.20. The average Bonchev–Trinajstić information content (AvgIpc) is 2.38. The number of methoxy groups -OCH3 is 3. The SMILES string of the molecule is COCC(=Cc1ccc(OC)cc1)C(=O)OC. The molecule has 4 heteroatoms. The van der Waals surface area contributed by atoms with E-state index >= 15 is 0 Å². The second kappa shape index (κ2) is 6.70. The number of rotatable bonds is 5. The molecule has 0 aliphatic carbocycles. The van der Waals surface area contributed by atoms with E-state index in [0.717, 1.165) is 11.3 Å². The highest BCUT2D eigenvalue weighted by Crippen LogP contribution is 2.14. The first-order valence-corrected chi connectivity index (χ1v) is 5.13. The van der Waals surface area contributed by atoms with Crippen LogP contribution >= 0.6 is 0 Å². The molecule has 0 amide bonds. The van der Waals surface area contributed by atoms with E-state index in [0.29, 0.717) is 5.57 Å². The third kappa shape index (κ3) is 3.92. The Kier molecular flexibility index (Phi) is 5.23. The average molecular weight is 236 g/mol. The summed E-state index contributed by atoms with van der Waals surface area (Å²) in [5.74, 6) is 0.385. The maximum absolute atomic E-state index is 11.4. The highest BCUT2D eigenvalue weighted by Gasteiger charge is 2.08. The van der Waals surface area contributed by atoms with E-state index in [4.69, 9.17) is 9.47 Å². The molecule has 0 saturated carbocycles. The van der Waals surface area contributed by atoms with Gasteiger partial charge in [0.15, 0.2) is 0 Å². The minimum absolute atomic E-state index is 0.221. The fraction of sp³-hybridized carbons (Fsp3) is 0.308. The normalized spacial score (nSPS) is 11.1. The van der Waals surface area contributed by atoms with Gasteiger partial charge in [-0.05, 0) is 23.8 Å². The first kappa shape index (κ1) is 13.3. The van der Waals surface area contributed by atoms with Gasteiger partial charge in [-0.15, -0.1) is 0 Å². The van der Waals surface area contributed by atoms with Crippen LogP contribution in [0.15, 0.2) is 29.8 Å². The van der Waals surface area contributed by atoms with Crippen molar-refractivity contribution >= 4 is 12.0 Å². The molecule has 0 atom stereocenters. The Balaban J connectivity index is 2.91. The van der Waals surface area contributed by atoms with Gasteiger partial charge in [-0.1, -0.05) is 12.1 Å². The molecule has 0 heterocycles. The Hall–Kier alpha value is -1.81. The van der Waals surface area contributed by atoms with Gasteiger partial charge in [-0.3, -0.25) is 0 Å². The van der Waals surface area contributed by atoms with E-state index in [1.807, 2.05) is 24.3 Å². The van der Waals surface area contributed by atoms with Gasteiger partial charge in [0.05, 0.1) is 26.4 Å². The van der Waals surface area contributed by atoms with Crippen molar-refractivity contribution in [3.8, 4) is 5.75 Å². The fourth-order valence-corrected chi connectivity index (χ4v) is 1.35. The second-order valence-corrected chi connectivity index (χ2v) is 3.37. The molecule has 1 rings (SSSR count). The standard InChI is InChI=1S/C13H16O4/c1-15-9-11(13(14)17-3)8-10-4-6-12(16-2)7-5-10/h4-8H,9H2,1-3H3. The van der Waals surface area contributed by atoms with Crippen molar-refractivity contribution < 1.29 is 19.0 Å². The molecule has 0 aliphatic heterocycles. The number of hydrogen-bond acceptors (Lipinski definition) is 4. The van der Waals surface area contributed by atoms with Crippen molar-refractivity contribution in [3.63, 3.8) is 0 Å². The molecule has 0 aromatic heterocycles. The molecule has 17 heavy (non-hydrogen) atoms. The summed E-state index contributed by atoms with van der Waals surface area (Å²) in [6.07, 6.45) is 1.73. The minimum Gasteiger partial charge on any atom is -0.497 e. The third-order valence-corrected chi connectivity index (χ3v) is 2.20. The van der Waals surface area contributed by atoms with Crippen LogP contribution in [0.1, 0.15) is 5.56 Å². The van der Waals surface area contributed by atoms with Crippen LogP contribution in [0.3, 0.4) is 0 Å². The van der Waals surface area contributed by atoms with Gasteiger partial charge in [0.25, 0.3) is 0 Å². The van der Waals surface area contributed by atoms with Crippen LogP contribution in [0.2, 0.25) is 0 Å². The summed E-state index contributed by atoms with van der Waals surface area (Å²) in [4.78, 5) is 11.4. The van der Waals surface area contributed by atoms with Crippen LogP contribution in [-0.2, 0) is 14.3 Å². The van der Waals surface area contributed by atoms with E-state index in [2.05, 4.69) is 4.74 Å². The van der Waals surface area contributed by atoms with Crippen LogP contribution in [-0.4, -0.2) is 33.9 Å². The van der Waals surface area contributed by atoms with Crippen molar-refractivity contribution in [1.82, 2.24) is 0 Å². The number of carbonyl (C=O) groups excluding carboxylic acids is 1. The van der Waals surface area contributed by atoms with Gasteiger partial charge in [-0.25, -0.2) is 4.79 Å². The molecule has 0 unspecified atom stereocenters. The molecule has 1 aromatic rings. The first-order chi connectivity index (χ1) is 8.21. The van der Waals surface area contributed by atoms with Crippen molar-refractivity contribution in [2.24, 2.45) is 0 Å². The Bertz CT molecular complexity index is 392. The van der Waals surface area contributed by atoms with E-state index in [9.17, 15) is 4.79 Å². The van der Waals surface area contributed by atoms with E-state index in [-0.39, 0.29) is 12.6 Å². The molecule has 4 nitrogen and oxygen atoms in total. The Morgan fingerprint density at radius 2 is 1.82 bits per heavy atom. The number of carbonyl (C=O) groups is 1. The molecule has 0 aliphatic rings. The molecule has 1 aromatic carbocycles. The molecule has 0 saturated heterocycles. The van der Waals surface area contributed by atoms with Crippen molar-refractivity contribution in [2.75, 3.05) is 27.9 Å². The Labute approximate surface area is 101 Å². The lowest BCUT2D eigenvalue weighted by Crippen LogP contribution is -2.09. The summed E-state index contributed by atoms with van der Waals surface area (Å²) in [5, 5.41) is 0. The summed E-state index contributed by atoms with van der Waals surface area (Å²) in [7, 11) is 4.49. The predicted molar refractivity (Wildman–Crippen MR) is 64.9 cm³/mol. The van der Waals surface area contributed by atoms with Crippen LogP contribution in [0.4, 0.5) is 0 Å². The van der Waals surface area contributed by atoms with E-state index in [1.54, 1.807) is 13.2 Å². The molecule has 0 spiro atoms. The van der Waals surface area contributed by atoms with Gasteiger partial charge in [0.1, 0.15) is 5.75 Å². The monoisotopic (exact) mass is 236 g/mol. The molecular formula is C13H16O4. The molecule has 92 valence electrons. The zero-order chi connectivity index (χ0) is 12.7. The van der Waals surface area contributed by atoms with Crippen LogP contribution in [0.25, 0.3) is 6.08 Å². The lowest BCUT2D eigenvalue weighted by atomic mass is 10.1. The molecule has 0 N–H and O–H groups in total. The van der Waals surface area contributed by atoms with Crippen LogP contribution < -0.4 is 4.74 Å². The molecule has 0 bridgehead atoms. The van der Waals surface area contributed by atoms with Crippen molar-refractivity contribution in [1.29, 1.82) is 0 Å². The quantitative estimate of drug-likeness (QED) is 0.578. The van der Waals surface area contributed by atoms with E-state index < -0.39 is 0 Å². The number of ether oxygens (including phenoxy) is 3. The zero-order valence-corrected chi connectivity index (χ0v) is 10.2. The summed E-state index contributed by atoms with van der Waals surface area (Å²) >= 11 is 0. The summed E-state index contributed by atoms with van der Waals surface area (Å²) < 4.78 is 14.7. The van der Waals surface area contributed by atoms with Gasteiger partial charge < -0.3 is 14.2 Å². The Morgan fingerprint density at radius 3 is 2.29 bits per heavy atom. The zero-order valence-electron chi connectivity index (χ0n) is 10.2. The predicted octanol–water partition coefficient (Wildman–Crippen LogP) is 1.90. The lowest BCUT2D eigenvalue weighted by Gasteiger charge is -2.05. The topological polar surface area (TPSA) is 44.8 Å².